The van der Waals surface area contributed by atoms with Crippen LogP contribution in [-0.2, 0) is 8.85 Å². The SMILES string of the molecule is CC(C)[C@@H]1C[C@H](C[C@H](O[Si](C)(C)C(C)(C)C)c2ccccc2)[Si](C)(C)O1. The quantitative estimate of drug-likeness (QED) is 0.478. The van der Waals surface area contributed by atoms with E-state index in [0.717, 1.165) is 6.42 Å². The fourth-order valence-corrected chi connectivity index (χ4v) is 7.82. The summed E-state index contributed by atoms with van der Waals surface area (Å²) in [6.07, 6.45) is 2.90. The Balaban J connectivity index is 2.25. The van der Waals surface area contributed by atoms with Gasteiger partial charge in [-0.3, -0.25) is 0 Å². The fraction of sp³-hybridized carbons (Fsp3) is 0.727. The molecule has 0 aliphatic carbocycles. The van der Waals surface area contributed by atoms with Gasteiger partial charge in [0.25, 0.3) is 0 Å². The first-order valence-electron chi connectivity index (χ1n) is 10.2. The van der Waals surface area contributed by atoms with Gasteiger partial charge in [0.05, 0.1) is 6.10 Å². The van der Waals surface area contributed by atoms with E-state index in [1.54, 1.807) is 0 Å². The molecule has 1 aromatic carbocycles. The molecule has 0 N–H and O–H groups in total. The van der Waals surface area contributed by atoms with Gasteiger partial charge in [-0.2, -0.15) is 0 Å². The topological polar surface area (TPSA) is 18.5 Å². The molecule has 1 heterocycles. The standard InChI is InChI=1S/C22H40O2Si2/c1-17(2)20-15-19(25(6,7)23-20)16-21(18-13-11-10-12-14-18)24-26(8,9)22(3,4)5/h10-14,17,19-21H,15-16H2,1-9H3/t19-,20+,21+/m1/s1. The maximum absolute atomic E-state index is 6.94. The van der Waals surface area contributed by atoms with Gasteiger partial charge in [-0.1, -0.05) is 65.0 Å². The van der Waals surface area contributed by atoms with Crippen LogP contribution in [0.2, 0.25) is 36.8 Å². The van der Waals surface area contributed by atoms with E-state index in [-0.39, 0.29) is 11.1 Å². The number of rotatable bonds is 6. The molecule has 0 spiro atoms. The van der Waals surface area contributed by atoms with Crippen LogP contribution in [0.25, 0.3) is 0 Å². The van der Waals surface area contributed by atoms with E-state index in [4.69, 9.17) is 8.85 Å². The van der Waals surface area contributed by atoms with Crippen molar-refractivity contribution in [2.45, 2.75) is 96.4 Å². The van der Waals surface area contributed by atoms with Crippen molar-refractivity contribution in [3.63, 3.8) is 0 Å². The zero-order valence-electron chi connectivity index (χ0n) is 18.4. The van der Waals surface area contributed by atoms with Gasteiger partial charge in [-0.15, -0.1) is 0 Å². The summed E-state index contributed by atoms with van der Waals surface area (Å²) in [4.78, 5) is 0. The Morgan fingerprint density at radius 3 is 2.19 bits per heavy atom. The van der Waals surface area contributed by atoms with Crippen molar-refractivity contribution in [1.29, 1.82) is 0 Å². The Morgan fingerprint density at radius 1 is 1.15 bits per heavy atom. The van der Waals surface area contributed by atoms with E-state index >= 15 is 0 Å². The zero-order valence-corrected chi connectivity index (χ0v) is 20.4. The van der Waals surface area contributed by atoms with Gasteiger partial charge in [0.15, 0.2) is 16.6 Å². The second-order valence-corrected chi connectivity index (χ2v) is 19.5. The molecule has 2 rings (SSSR count). The number of hydrogen-bond acceptors (Lipinski definition) is 2. The van der Waals surface area contributed by atoms with Crippen LogP contribution in [0.15, 0.2) is 30.3 Å². The van der Waals surface area contributed by atoms with E-state index in [1.165, 1.54) is 12.0 Å². The molecule has 1 aliphatic heterocycles. The highest BCUT2D eigenvalue weighted by Gasteiger charge is 2.47. The van der Waals surface area contributed by atoms with Crippen LogP contribution < -0.4 is 0 Å². The lowest BCUT2D eigenvalue weighted by Gasteiger charge is -2.40. The van der Waals surface area contributed by atoms with E-state index in [0.29, 0.717) is 17.6 Å². The minimum atomic E-state index is -1.83. The molecule has 1 aromatic rings. The van der Waals surface area contributed by atoms with E-state index in [9.17, 15) is 0 Å². The first-order valence-corrected chi connectivity index (χ1v) is 16.1. The molecule has 4 heteroatoms. The first-order chi connectivity index (χ1) is 11.8. The third-order valence-corrected chi connectivity index (χ3v) is 14.4. The molecular formula is C22H40O2Si2. The Hall–Kier alpha value is -0.426. The van der Waals surface area contributed by atoms with Gasteiger partial charge in [-0.25, -0.2) is 0 Å². The van der Waals surface area contributed by atoms with Gasteiger partial charge in [0.2, 0.25) is 0 Å². The van der Waals surface area contributed by atoms with E-state index < -0.39 is 16.6 Å². The van der Waals surface area contributed by atoms with Crippen molar-refractivity contribution in [2.24, 2.45) is 5.92 Å². The molecule has 0 bridgehead atoms. The zero-order chi connectivity index (χ0) is 19.8. The van der Waals surface area contributed by atoms with E-state index in [1.807, 2.05) is 0 Å². The summed E-state index contributed by atoms with van der Waals surface area (Å²) in [6.45, 7) is 21.1. The lowest BCUT2D eigenvalue weighted by Crippen LogP contribution is -2.42. The predicted octanol–water partition coefficient (Wildman–Crippen LogP) is 7.16. The summed E-state index contributed by atoms with van der Waals surface area (Å²) in [7, 11) is -3.51. The van der Waals surface area contributed by atoms with Gasteiger partial charge in [-0.05, 0) is 61.1 Å². The molecule has 2 nitrogen and oxygen atoms in total. The fourth-order valence-electron chi connectivity index (χ4n) is 3.60. The largest absolute Gasteiger partial charge is 0.414 e. The molecule has 0 amide bonds. The average molecular weight is 393 g/mol. The van der Waals surface area contributed by atoms with Crippen LogP contribution in [0.4, 0.5) is 0 Å². The molecule has 0 radical (unpaired) electrons. The maximum atomic E-state index is 6.94. The predicted molar refractivity (Wildman–Crippen MR) is 118 cm³/mol. The molecule has 1 fully saturated rings. The van der Waals surface area contributed by atoms with Crippen molar-refractivity contribution >= 4 is 16.6 Å². The van der Waals surface area contributed by atoms with Crippen LogP contribution >= 0.6 is 0 Å². The highest BCUT2D eigenvalue weighted by atomic mass is 28.4. The van der Waals surface area contributed by atoms with Crippen molar-refractivity contribution in [2.75, 3.05) is 0 Å². The van der Waals surface area contributed by atoms with Gasteiger partial charge < -0.3 is 8.85 Å². The summed E-state index contributed by atoms with van der Waals surface area (Å²) < 4.78 is 13.5. The molecule has 1 saturated heterocycles. The molecule has 0 unspecified atom stereocenters. The molecule has 1 aliphatic rings. The summed E-state index contributed by atoms with van der Waals surface area (Å²) in [5, 5.41) is 0.222. The number of benzene rings is 1. The summed E-state index contributed by atoms with van der Waals surface area (Å²) >= 11 is 0. The van der Waals surface area contributed by atoms with Crippen LogP contribution in [0.5, 0.6) is 0 Å². The van der Waals surface area contributed by atoms with Crippen molar-refractivity contribution in [3.8, 4) is 0 Å². The summed E-state index contributed by atoms with van der Waals surface area (Å²) in [5.41, 5.74) is 1.99. The Labute approximate surface area is 164 Å². The molecule has 0 saturated carbocycles. The van der Waals surface area contributed by atoms with Crippen LogP contribution in [0.1, 0.15) is 59.1 Å². The summed E-state index contributed by atoms with van der Waals surface area (Å²) in [5.74, 6) is 0.600. The third-order valence-electron chi connectivity index (χ3n) is 6.61. The second-order valence-electron chi connectivity index (χ2n) is 10.4. The Morgan fingerprint density at radius 2 is 1.73 bits per heavy atom. The second kappa shape index (κ2) is 7.90. The molecule has 148 valence electrons. The van der Waals surface area contributed by atoms with E-state index in [2.05, 4.69) is 91.1 Å². The average Bonchev–Trinajstić information content (AvgIpc) is 2.81. The minimum Gasteiger partial charge on any atom is -0.414 e. The molecule has 3 atom stereocenters. The van der Waals surface area contributed by atoms with Gasteiger partial charge in [0, 0.05) is 6.10 Å². The Kier molecular flexibility index (Phi) is 6.65. The Bertz CT molecular complexity index is 576. The molecular weight excluding hydrogens is 352 g/mol. The van der Waals surface area contributed by atoms with Crippen LogP contribution in [-0.4, -0.2) is 22.7 Å². The number of hydrogen-bond donors (Lipinski definition) is 0. The third kappa shape index (κ3) is 5.09. The van der Waals surface area contributed by atoms with Gasteiger partial charge in [0.1, 0.15) is 0 Å². The smallest absolute Gasteiger partial charge is 0.192 e. The highest BCUT2D eigenvalue weighted by molar-refractivity contribution is 6.74. The molecule has 26 heavy (non-hydrogen) atoms. The van der Waals surface area contributed by atoms with Crippen molar-refractivity contribution in [3.05, 3.63) is 35.9 Å². The van der Waals surface area contributed by atoms with Crippen LogP contribution in [0, 0.1) is 5.92 Å². The first kappa shape index (κ1) is 21.9. The lowest BCUT2D eigenvalue weighted by atomic mass is 9.98. The van der Waals surface area contributed by atoms with Gasteiger partial charge >= 0.3 is 0 Å². The molecule has 0 aromatic heterocycles. The van der Waals surface area contributed by atoms with Crippen molar-refractivity contribution < 1.29 is 8.85 Å². The van der Waals surface area contributed by atoms with Crippen LogP contribution in [0.3, 0.4) is 0 Å². The highest BCUT2D eigenvalue weighted by Crippen LogP contribution is 2.48. The maximum Gasteiger partial charge on any atom is 0.192 e. The monoisotopic (exact) mass is 392 g/mol. The minimum absolute atomic E-state index is 0.184. The lowest BCUT2D eigenvalue weighted by molar-refractivity contribution is 0.160. The summed E-state index contributed by atoms with van der Waals surface area (Å²) in [6, 6.07) is 10.9. The van der Waals surface area contributed by atoms with Crippen molar-refractivity contribution in [1.82, 2.24) is 0 Å². The normalized spacial score (nSPS) is 24.8.